The van der Waals surface area contributed by atoms with Crippen molar-refractivity contribution >= 4 is 5.91 Å². The Bertz CT molecular complexity index is 418. The van der Waals surface area contributed by atoms with Gasteiger partial charge in [-0.05, 0) is 31.5 Å². The van der Waals surface area contributed by atoms with Gasteiger partial charge in [0, 0.05) is 37.6 Å². The Morgan fingerprint density at radius 3 is 2.78 bits per heavy atom. The fourth-order valence-corrected chi connectivity index (χ4v) is 2.33. The summed E-state index contributed by atoms with van der Waals surface area (Å²) in [6.07, 6.45) is 3.54. The maximum absolute atomic E-state index is 11.9. The van der Waals surface area contributed by atoms with E-state index in [0.29, 0.717) is 19.6 Å². The molecule has 0 spiro atoms. The fraction of sp³-hybridized carbons (Fsp3) is 0.538. The van der Waals surface area contributed by atoms with Crippen LogP contribution in [-0.4, -0.2) is 40.5 Å². The van der Waals surface area contributed by atoms with Crippen molar-refractivity contribution in [3.8, 4) is 0 Å². The average molecular weight is 248 g/mol. The molecule has 98 valence electrons. The van der Waals surface area contributed by atoms with Gasteiger partial charge in [-0.2, -0.15) is 0 Å². The molecule has 1 aliphatic heterocycles. The van der Waals surface area contributed by atoms with Crippen molar-refractivity contribution in [1.29, 1.82) is 0 Å². The topological polar surface area (TPSA) is 71.2 Å². The molecule has 0 saturated carbocycles. The quantitative estimate of drug-likeness (QED) is 0.797. The molecule has 2 heterocycles. The minimum Gasteiger partial charge on any atom is -0.353 e. The van der Waals surface area contributed by atoms with Crippen LogP contribution in [0.15, 0.2) is 24.5 Å². The van der Waals surface area contributed by atoms with E-state index in [2.05, 4.69) is 29.0 Å². The largest absolute Gasteiger partial charge is 0.353 e. The highest BCUT2D eigenvalue weighted by molar-refractivity contribution is 5.83. The van der Waals surface area contributed by atoms with Gasteiger partial charge in [-0.3, -0.25) is 14.7 Å². The molecule has 1 atom stereocenters. The summed E-state index contributed by atoms with van der Waals surface area (Å²) in [5.41, 5.74) is 6.79. The van der Waals surface area contributed by atoms with Gasteiger partial charge in [0.05, 0.1) is 0 Å². The van der Waals surface area contributed by atoms with E-state index in [9.17, 15) is 4.79 Å². The lowest BCUT2D eigenvalue weighted by Gasteiger charge is -2.46. The Morgan fingerprint density at radius 2 is 2.17 bits per heavy atom. The predicted molar refractivity (Wildman–Crippen MR) is 69.7 cm³/mol. The second-order valence-electron chi connectivity index (χ2n) is 5.27. The van der Waals surface area contributed by atoms with E-state index in [1.165, 1.54) is 0 Å². The van der Waals surface area contributed by atoms with Gasteiger partial charge in [0.25, 0.3) is 0 Å². The summed E-state index contributed by atoms with van der Waals surface area (Å²) in [4.78, 5) is 18.0. The molecule has 1 aromatic heterocycles. The number of nitrogens with one attached hydrogen (secondary N) is 1. The average Bonchev–Trinajstić information content (AvgIpc) is 2.36. The molecule has 1 aliphatic rings. The first-order chi connectivity index (χ1) is 8.54. The molecule has 2 rings (SSSR count). The molecule has 1 fully saturated rings. The third kappa shape index (κ3) is 2.52. The number of hydrogen-bond acceptors (Lipinski definition) is 4. The van der Waals surface area contributed by atoms with E-state index in [4.69, 9.17) is 5.73 Å². The van der Waals surface area contributed by atoms with Crippen LogP contribution in [-0.2, 0) is 11.3 Å². The molecule has 0 radical (unpaired) electrons. The van der Waals surface area contributed by atoms with Gasteiger partial charge in [0.2, 0.25) is 5.91 Å². The lowest BCUT2D eigenvalue weighted by molar-refractivity contribution is -0.134. The zero-order chi connectivity index (χ0) is 13.2. The van der Waals surface area contributed by atoms with Gasteiger partial charge in [-0.1, -0.05) is 0 Å². The minimum absolute atomic E-state index is 0.0193. The highest BCUT2D eigenvalue weighted by atomic mass is 16.2. The van der Waals surface area contributed by atoms with Crippen LogP contribution in [0.2, 0.25) is 0 Å². The van der Waals surface area contributed by atoms with Crippen molar-refractivity contribution in [3.05, 3.63) is 30.1 Å². The molecule has 1 unspecified atom stereocenters. The van der Waals surface area contributed by atoms with E-state index < -0.39 is 0 Å². The van der Waals surface area contributed by atoms with Crippen molar-refractivity contribution in [1.82, 2.24) is 15.2 Å². The number of aromatic nitrogens is 1. The second-order valence-corrected chi connectivity index (χ2v) is 5.27. The van der Waals surface area contributed by atoms with E-state index in [1.807, 2.05) is 12.1 Å². The molecule has 1 amide bonds. The molecular weight excluding hydrogens is 228 g/mol. The smallest absolute Gasteiger partial charge is 0.238 e. The number of carbonyl (C=O) groups is 1. The number of rotatable bonds is 3. The molecule has 1 aromatic rings. The molecule has 18 heavy (non-hydrogen) atoms. The van der Waals surface area contributed by atoms with Gasteiger partial charge in [-0.15, -0.1) is 0 Å². The van der Waals surface area contributed by atoms with Gasteiger partial charge in [0.15, 0.2) is 0 Å². The normalized spacial score (nSPS) is 23.7. The van der Waals surface area contributed by atoms with Gasteiger partial charge >= 0.3 is 0 Å². The lowest BCUT2D eigenvalue weighted by atomic mass is 9.95. The molecule has 0 aliphatic carbocycles. The number of hydrogen-bond donors (Lipinski definition) is 2. The number of nitrogens with two attached hydrogens (primary N) is 1. The number of amides is 1. The van der Waals surface area contributed by atoms with Crippen molar-refractivity contribution in [3.63, 3.8) is 0 Å². The number of nitrogens with zero attached hydrogens (tertiary/aromatic N) is 2. The summed E-state index contributed by atoms with van der Waals surface area (Å²) in [5, 5.41) is 2.92. The number of pyridine rings is 1. The van der Waals surface area contributed by atoms with E-state index in [0.717, 1.165) is 5.56 Å². The highest BCUT2D eigenvalue weighted by Crippen LogP contribution is 2.23. The molecule has 5 nitrogen and oxygen atoms in total. The van der Waals surface area contributed by atoms with Gasteiger partial charge in [-0.25, -0.2) is 0 Å². The van der Waals surface area contributed by atoms with E-state index in [-0.39, 0.29) is 17.5 Å². The summed E-state index contributed by atoms with van der Waals surface area (Å²) < 4.78 is 0. The Balaban J connectivity index is 2.22. The van der Waals surface area contributed by atoms with E-state index >= 15 is 0 Å². The summed E-state index contributed by atoms with van der Waals surface area (Å²) in [5.74, 6) is 0.0193. The standard InChI is InChI=1S/C13H20N4O/c1-13(2)9-16-12(18)11(7-14)17(13)8-10-3-5-15-6-4-10/h3-6,11H,7-9,14H2,1-2H3,(H,16,18). The van der Waals surface area contributed by atoms with Crippen LogP contribution in [0.1, 0.15) is 19.4 Å². The zero-order valence-corrected chi connectivity index (χ0v) is 10.9. The Morgan fingerprint density at radius 1 is 1.50 bits per heavy atom. The third-order valence-corrected chi connectivity index (χ3v) is 3.48. The molecule has 5 heteroatoms. The monoisotopic (exact) mass is 248 g/mol. The molecular formula is C13H20N4O. The second kappa shape index (κ2) is 5.04. The molecule has 1 saturated heterocycles. The maximum atomic E-state index is 11.9. The summed E-state index contributed by atoms with van der Waals surface area (Å²) >= 11 is 0. The summed E-state index contributed by atoms with van der Waals surface area (Å²) in [6, 6.07) is 3.67. The first-order valence-electron chi connectivity index (χ1n) is 6.18. The first-order valence-corrected chi connectivity index (χ1v) is 6.18. The Labute approximate surface area is 107 Å². The number of piperazine rings is 1. The van der Waals surface area contributed by atoms with Gasteiger partial charge in [0.1, 0.15) is 6.04 Å². The van der Waals surface area contributed by atoms with Crippen LogP contribution in [0.25, 0.3) is 0 Å². The molecule has 0 aromatic carbocycles. The highest BCUT2D eigenvalue weighted by Gasteiger charge is 2.40. The van der Waals surface area contributed by atoms with Crippen LogP contribution < -0.4 is 11.1 Å². The predicted octanol–water partition coefficient (Wildman–Crippen LogP) is 0.119. The fourth-order valence-electron chi connectivity index (χ4n) is 2.33. The van der Waals surface area contributed by atoms with Crippen LogP contribution >= 0.6 is 0 Å². The summed E-state index contributed by atoms with van der Waals surface area (Å²) in [7, 11) is 0. The number of carbonyl (C=O) groups excluding carboxylic acids is 1. The maximum Gasteiger partial charge on any atom is 0.238 e. The van der Waals surface area contributed by atoms with Crippen LogP contribution in [0, 0.1) is 0 Å². The molecule has 0 bridgehead atoms. The van der Waals surface area contributed by atoms with E-state index in [1.54, 1.807) is 12.4 Å². The lowest BCUT2D eigenvalue weighted by Crippen LogP contribution is -2.66. The van der Waals surface area contributed by atoms with Gasteiger partial charge < -0.3 is 11.1 Å². The Kier molecular flexibility index (Phi) is 3.63. The summed E-state index contributed by atoms with van der Waals surface area (Å²) in [6.45, 7) is 5.94. The SMILES string of the molecule is CC1(C)CNC(=O)C(CN)N1Cc1ccncc1. The van der Waals surface area contributed by atoms with Crippen molar-refractivity contribution in [2.75, 3.05) is 13.1 Å². The van der Waals surface area contributed by atoms with Crippen molar-refractivity contribution in [2.24, 2.45) is 5.73 Å². The Hall–Kier alpha value is -1.46. The van der Waals surface area contributed by atoms with Crippen LogP contribution in [0.4, 0.5) is 0 Å². The van der Waals surface area contributed by atoms with Crippen molar-refractivity contribution in [2.45, 2.75) is 32.0 Å². The van der Waals surface area contributed by atoms with Crippen LogP contribution in [0.3, 0.4) is 0 Å². The zero-order valence-electron chi connectivity index (χ0n) is 10.9. The molecule has 3 N–H and O–H groups in total. The third-order valence-electron chi connectivity index (χ3n) is 3.48. The van der Waals surface area contributed by atoms with Crippen LogP contribution in [0.5, 0.6) is 0 Å². The van der Waals surface area contributed by atoms with Crippen molar-refractivity contribution < 1.29 is 4.79 Å². The first kappa shape index (κ1) is 13.0. The minimum atomic E-state index is -0.262.